The number of ether oxygens (including phenoxy) is 2. The van der Waals surface area contributed by atoms with Gasteiger partial charge in [-0.15, -0.1) is 0 Å². The van der Waals surface area contributed by atoms with Crippen LogP contribution in [-0.4, -0.2) is 18.2 Å². The minimum Gasteiger partial charge on any atom is -0.475 e. The van der Waals surface area contributed by atoms with Crippen LogP contribution in [0.3, 0.4) is 0 Å². The molecule has 0 unspecified atom stereocenters. The summed E-state index contributed by atoms with van der Waals surface area (Å²) in [6.45, 7) is 1.66. The highest BCUT2D eigenvalue weighted by Crippen LogP contribution is 2.12. The van der Waals surface area contributed by atoms with Crippen LogP contribution < -0.4 is 4.74 Å². The van der Waals surface area contributed by atoms with Crippen molar-refractivity contribution in [3.63, 3.8) is 0 Å². The van der Waals surface area contributed by atoms with Gasteiger partial charge in [0, 0.05) is 16.7 Å². The Balaban J connectivity index is 1.63. The number of nitrogens with zero attached hydrogens (tertiary/aromatic N) is 1. The van der Waals surface area contributed by atoms with E-state index in [-0.39, 0.29) is 0 Å². The van der Waals surface area contributed by atoms with E-state index in [0.29, 0.717) is 25.7 Å². The molecule has 94 valence electrons. The number of aromatic nitrogens is 1. The van der Waals surface area contributed by atoms with E-state index in [0.717, 1.165) is 4.47 Å². The third kappa shape index (κ3) is 4.47. The number of pyridine rings is 1. The van der Waals surface area contributed by atoms with Gasteiger partial charge in [-0.05, 0) is 27.6 Å². The lowest BCUT2D eigenvalue weighted by Crippen LogP contribution is -2.07. The fourth-order valence-corrected chi connectivity index (χ4v) is 1.65. The lowest BCUT2D eigenvalue weighted by Gasteiger charge is -2.06. The summed E-state index contributed by atoms with van der Waals surface area (Å²) in [7, 11) is 0. The molecule has 0 amide bonds. The zero-order chi connectivity index (χ0) is 12.6. The first kappa shape index (κ1) is 13.1. The van der Waals surface area contributed by atoms with E-state index in [9.17, 15) is 0 Å². The number of rotatable bonds is 6. The zero-order valence-electron chi connectivity index (χ0n) is 9.88. The molecular formula is C14H14BrNO2. The standard InChI is InChI=1S/C14H14BrNO2/c15-13-6-7-14(16-10-13)18-9-8-17-11-12-4-2-1-3-5-12/h1-7,10H,8-9,11H2. The molecule has 0 aliphatic heterocycles. The van der Waals surface area contributed by atoms with E-state index in [2.05, 4.69) is 20.9 Å². The Labute approximate surface area is 115 Å². The van der Waals surface area contributed by atoms with Crippen molar-refractivity contribution in [1.29, 1.82) is 0 Å². The second-order valence-corrected chi connectivity index (χ2v) is 4.62. The van der Waals surface area contributed by atoms with Gasteiger partial charge in [0.1, 0.15) is 6.61 Å². The Morgan fingerprint density at radius 3 is 2.56 bits per heavy atom. The number of hydrogen-bond donors (Lipinski definition) is 0. The SMILES string of the molecule is Brc1ccc(OCCOCc2ccccc2)nc1. The van der Waals surface area contributed by atoms with E-state index >= 15 is 0 Å². The molecule has 1 aromatic heterocycles. The van der Waals surface area contributed by atoms with Crippen LogP contribution in [0, 0.1) is 0 Å². The van der Waals surface area contributed by atoms with Crippen LogP contribution in [0.2, 0.25) is 0 Å². The quantitative estimate of drug-likeness (QED) is 0.766. The first-order valence-corrected chi connectivity index (χ1v) is 6.50. The smallest absolute Gasteiger partial charge is 0.213 e. The maximum Gasteiger partial charge on any atom is 0.213 e. The molecule has 2 rings (SSSR count). The molecule has 0 radical (unpaired) electrons. The molecule has 0 saturated heterocycles. The molecule has 0 fully saturated rings. The van der Waals surface area contributed by atoms with Gasteiger partial charge < -0.3 is 9.47 Å². The molecule has 0 bridgehead atoms. The Kier molecular flexibility index (Phi) is 5.17. The molecule has 0 aliphatic carbocycles. The van der Waals surface area contributed by atoms with Gasteiger partial charge in [-0.25, -0.2) is 4.98 Å². The van der Waals surface area contributed by atoms with Crippen molar-refractivity contribution >= 4 is 15.9 Å². The van der Waals surface area contributed by atoms with E-state index in [4.69, 9.17) is 9.47 Å². The van der Waals surface area contributed by atoms with Crippen molar-refractivity contribution in [2.45, 2.75) is 6.61 Å². The molecule has 3 nitrogen and oxygen atoms in total. The topological polar surface area (TPSA) is 31.4 Å². The van der Waals surface area contributed by atoms with Gasteiger partial charge in [0.25, 0.3) is 0 Å². The lowest BCUT2D eigenvalue weighted by molar-refractivity contribution is 0.0875. The van der Waals surface area contributed by atoms with Crippen LogP contribution in [0.15, 0.2) is 53.1 Å². The maximum atomic E-state index is 5.50. The predicted octanol–water partition coefficient (Wildman–Crippen LogP) is 3.44. The van der Waals surface area contributed by atoms with Gasteiger partial charge in [-0.2, -0.15) is 0 Å². The number of benzene rings is 1. The second kappa shape index (κ2) is 7.13. The summed E-state index contributed by atoms with van der Waals surface area (Å²) in [4.78, 5) is 4.11. The van der Waals surface area contributed by atoms with Gasteiger partial charge >= 0.3 is 0 Å². The minimum atomic E-state index is 0.501. The van der Waals surface area contributed by atoms with E-state index in [1.807, 2.05) is 42.5 Å². The Morgan fingerprint density at radius 1 is 1.00 bits per heavy atom. The third-order valence-corrected chi connectivity index (χ3v) is 2.76. The molecule has 2 aromatic rings. The highest BCUT2D eigenvalue weighted by atomic mass is 79.9. The average Bonchev–Trinajstić information content (AvgIpc) is 2.42. The van der Waals surface area contributed by atoms with Crippen molar-refractivity contribution < 1.29 is 9.47 Å². The Morgan fingerprint density at radius 2 is 1.83 bits per heavy atom. The summed E-state index contributed by atoms with van der Waals surface area (Å²) in [6, 6.07) is 13.8. The van der Waals surface area contributed by atoms with Crippen molar-refractivity contribution in [3.8, 4) is 5.88 Å². The Hall–Kier alpha value is -1.39. The van der Waals surface area contributed by atoms with Crippen LogP contribution >= 0.6 is 15.9 Å². The molecule has 0 atom stereocenters. The average molecular weight is 308 g/mol. The van der Waals surface area contributed by atoms with Crippen LogP contribution in [0.4, 0.5) is 0 Å². The van der Waals surface area contributed by atoms with Crippen molar-refractivity contribution in [3.05, 3.63) is 58.7 Å². The summed E-state index contributed by atoms with van der Waals surface area (Å²) in [5.74, 6) is 0.613. The monoisotopic (exact) mass is 307 g/mol. The highest BCUT2D eigenvalue weighted by molar-refractivity contribution is 9.10. The van der Waals surface area contributed by atoms with E-state index in [1.165, 1.54) is 5.56 Å². The first-order chi connectivity index (χ1) is 8.84. The van der Waals surface area contributed by atoms with Crippen LogP contribution in [-0.2, 0) is 11.3 Å². The normalized spacial score (nSPS) is 10.3. The summed E-state index contributed by atoms with van der Waals surface area (Å²) < 4.78 is 11.9. The molecule has 4 heteroatoms. The largest absolute Gasteiger partial charge is 0.475 e. The predicted molar refractivity (Wildman–Crippen MR) is 73.5 cm³/mol. The van der Waals surface area contributed by atoms with Gasteiger partial charge in [0.15, 0.2) is 0 Å². The van der Waals surface area contributed by atoms with Crippen molar-refractivity contribution in [1.82, 2.24) is 4.98 Å². The Bertz CT molecular complexity index is 459. The first-order valence-electron chi connectivity index (χ1n) is 5.70. The third-order valence-electron chi connectivity index (χ3n) is 2.29. The van der Waals surface area contributed by atoms with Crippen LogP contribution in [0.1, 0.15) is 5.56 Å². The zero-order valence-corrected chi connectivity index (χ0v) is 11.5. The summed E-state index contributed by atoms with van der Waals surface area (Å²) in [5, 5.41) is 0. The second-order valence-electron chi connectivity index (χ2n) is 3.70. The molecule has 18 heavy (non-hydrogen) atoms. The number of halogens is 1. The lowest BCUT2D eigenvalue weighted by atomic mass is 10.2. The van der Waals surface area contributed by atoms with Gasteiger partial charge in [0.2, 0.25) is 5.88 Å². The fourth-order valence-electron chi connectivity index (χ4n) is 1.42. The summed E-state index contributed by atoms with van der Waals surface area (Å²) >= 11 is 3.32. The van der Waals surface area contributed by atoms with Crippen molar-refractivity contribution in [2.75, 3.05) is 13.2 Å². The molecule has 0 spiro atoms. The van der Waals surface area contributed by atoms with Gasteiger partial charge in [0.05, 0.1) is 13.2 Å². The molecule has 0 N–H and O–H groups in total. The fraction of sp³-hybridized carbons (Fsp3) is 0.214. The van der Waals surface area contributed by atoms with E-state index < -0.39 is 0 Å². The summed E-state index contributed by atoms with van der Waals surface area (Å²) in [6.07, 6.45) is 1.71. The maximum absolute atomic E-state index is 5.50. The van der Waals surface area contributed by atoms with Crippen LogP contribution in [0.5, 0.6) is 5.88 Å². The molecular weight excluding hydrogens is 294 g/mol. The van der Waals surface area contributed by atoms with Gasteiger partial charge in [-0.1, -0.05) is 30.3 Å². The van der Waals surface area contributed by atoms with E-state index in [1.54, 1.807) is 6.20 Å². The van der Waals surface area contributed by atoms with Gasteiger partial charge in [-0.3, -0.25) is 0 Å². The molecule has 0 aliphatic rings. The van der Waals surface area contributed by atoms with Crippen LogP contribution in [0.25, 0.3) is 0 Å². The number of hydrogen-bond acceptors (Lipinski definition) is 3. The van der Waals surface area contributed by atoms with Crippen molar-refractivity contribution in [2.24, 2.45) is 0 Å². The summed E-state index contributed by atoms with van der Waals surface area (Å²) in [5.41, 5.74) is 1.17. The molecule has 1 aromatic carbocycles. The molecule has 1 heterocycles. The highest BCUT2D eigenvalue weighted by Gasteiger charge is 1.96. The minimum absolute atomic E-state index is 0.501. The molecule has 0 saturated carbocycles.